The number of hydrogen-bond donors (Lipinski definition) is 2. The molecule has 0 amide bonds. The predicted molar refractivity (Wildman–Crippen MR) is 56.6 cm³/mol. The van der Waals surface area contributed by atoms with E-state index in [0.29, 0.717) is 0 Å². The van der Waals surface area contributed by atoms with E-state index in [4.69, 9.17) is 9.84 Å². The van der Waals surface area contributed by atoms with Crippen LogP contribution in [0, 0.1) is 0 Å². The minimum Gasteiger partial charge on any atom is -0.488 e. The van der Waals surface area contributed by atoms with Crippen LogP contribution in [0.25, 0.3) is 0 Å². The highest BCUT2D eigenvalue weighted by atomic mass is 16.5. The van der Waals surface area contributed by atoms with Crippen molar-refractivity contribution in [1.29, 1.82) is 0 Å². The van der Waals surface area contributed by atoms with Gasteiger partial charge in [-0.05, 0) is 37.0 Å². The molecule has 3 heteroatoms. The molecule has 15 heavy (non-hydrogen) atoms. The average molecular weight is 208 g/mol. The molecular weight excluding hydrogens is 192 g/mol. The summed E-state index contributed by atoms with van der Waals surface area (Å²) in [5.41, 5.74) is 0.870. The zero-order valence-corrected chi connectivity index (χ0v) is 8.60. The van der Waals surface area contributed by atoms with Crippen LogP contribution in [0.2, 0.25) is 0 Å². The third-order valence-corrected chi connectivity index (χ3v) is 2.81. The van der Waals surface area contributed by atoms with E-state index in [0.717, 1.165) is 30.6 Å². The van der Waals surface area contributed by atoms with Gasteiger partial charge in [0.05, 0.1) is 12.7 Å². The molecule has 2 atom stereocenters. The van der Waals surface area contributed by atoms with Gasteiger partial charge >= 0.3 is 0 Å². The van der Waals surface area contributed by atoms with Crippen molar-refractivity contribution in [2.75, 3.05) is 0 Å². The molecule has 0 saturated heterocycles. The summed E-state index contributed by atoms with van der Waals surface area (Å²) in [6.45, 7) is 0.0479. The van der Waals surface area contributed by atoms with E-state index in [1.54, 1.807) is 0 Å². The Hall–Kier alpha value is -1.06. The average Bonchev–Trinajstić information content (AvgIpc) is 2.66. The lowest BCUT2D eigenvalue weighted by Crippen LogP contribution is -2.25. The Kier molecular flexibility index (Phi) is 3.23. The summed E-state index contributed by atoms with van der Waals surface area (Å²) < 4.78 is 5.66. The number of rotatable bonds is 3. The molecule has 82 valence electrons. The summed E-state index contributed by atoms with van der Waals surface area (Å²) in [7, 11) is 0. The molecule has 0 radical (unpaired) electrons. The first-order valence-corrected chi connectivity index (χ1v) is 5.34. The summed E-state index contributed by atoms with van der Waals surface area (Å²) >= 11 is 0. The standard InChI is InChI=1S/C12H16O3/c13-8-9-4-6-10(7-5-9)15-12-3-1-2-11(12)14/h4-7,11-14H,1-3,8H2/t11-,12-/m0/s1. The normalized spacial score (nSPS) is 25.5. The van der Waals surface area contributed by atoms with Gasteiger partial charge in [0.2, 0.25) is 0 Å². The second-order valence-corrected chi connectivity index (χ2v) is 3.96. The van der Waals surface area contributed by atoms with Crippen LogP contribution in [0.15, 0.2) is 24.3 Å². The molecule has 1 aliphatic carbocycles. The molecule has 1 saturated carbocycles. The summed E-state index contributed by atoms with van der Waals surface area (Å²) in [6, 6.07) is 7.32. The third kappa shape index (κ3) is 2.49. The van der Waals surface area contributed by atoms with E-state index in [1.807, 2.05) is 24.3 Å². The van der Waals surface area contributed by atoms with Crippen molar-refractivity contribution in [3.8, 4) is 5.75 Å². The molecule has 0 bridgehead atoms. The van der Waals surface area contributed by atoms with Gasteiger partial charge in [0.25, 0.3) is 0 Å². The first-order chi connectivity index (χ1) is 7.29. The summed E-state index contributed by atoms with van der Waals surface area (Å²) in [6.07, 6.45) is 2.38. The summed E-state index contributed by atoms with van der Waals surface area (Å²) in [5.74, 6) is 0.762. The fraction of sp³-hybridized carbons (Fsp3) is 0.500. The molecule has 2 rings (SSSR count). The van der Waals surface area contributed by atoms with Gasteiger partial charge in [-0.15, -0.1) is 0 Å². The van der Waals surface area contributed by atoms with Crippen molar-refractivity contribution in [3.05, 3.63) is 29.8 Å². The Morgan fingerprint density at radius 1 is 1.20 bits per heavy atom. The Morgan fingerprint density at radius 3 is 2.47 bits per heavy atom. The highest BCUT2D eigenvalue weighted by Gasteiger charge is 2.26. The van der Waals surface area contributed by atoms with Gasteiger partial charge in [0.15, 0.2) is 0 Å². The van der Waals surface area contributed by atoms with Crippen molar-refractivity contribution >= 4 is 0 Å². The Morgan fingerprint density at radius 2 is 1.93 bits per heavy atom. The van der Waals surface area contributed by atoms with Gasteiger partial charge in [-0.25, -0.2) is 0 Å². The summed E-state index contributed by atoms with van der Waals surface area (Å²) in [4.78, 5) is 0. The van der Waals surface area contributed by atoms with Crippen LogP contribution in [0.5, 0.6) is 5.75 Å². The lowest BCUT2D eigenvalue weighted by atomic mass is 10.2. The maximum Gasteiger partial charge on any atom is 0.124 e. The molecule has 0 spiro atoms. The second kappa shape index (κ2) is 4.64. The van der Waals surface area contributed by atoms with Crippen molar-refractivity contribution < 1.29 is 14.9 Å². The predicted octanol–water partition coefficient (Wildman–Crippen LogP) is 1.47. The maximum absolute atomic E-state index is 9.59. The highest BCUT2D eigenvalue weighted by Crippen LogP contribution is 2.24. The molecular formula is C12H16O3. The molecule has 0 unspecified atom stereocenters. The fourth-order valence-corrected chi connectivity index (χ4v) is 1.89. The van der Waals surface area contributed by atoms with Gasteiger partial charge in [-0.1, -0.05) is 12.1 Å². The van der Waals surface area contributed by atoms with Gasteiger partial charge in [0.1, 0.15) is 11.9 Å². The van der Waals surface area contributed by atoms with Crippen molar-refractivity contribution in [2.45, 2.75) is 38.1 Å². The number of aliphatic hydroxyl groups is 2. The molecule has 1 aliphatic rings. The molecule has 1 aromatic rings. The first-order valence-electron chi connectivity index (χ1n) is 5.34. The van der Waals surface area contributed by atoms with E-state index >= 15 is 0 Å². The first kappa shape index (κ1) is 10.5. The number of aliphatic hydroxyl groups excluding tert-OH is 2. The largest absolute Gasteiger partial charge is 0.488 e. The molecule has 1 fully saturated rings. The monoisotopic (exact) mass is 208 g/mol. The number of hydrogen-bond acceptors (Lipinski definition) is 3. The van der Waals surface area contributed by atoms with Crippen LogP contribution >= 0.6 is 0 Å². The molecule has 0 aromatic heterocycles. The fourth-order valence-electron chi connectivity index (χ4n) is 1.89. The van der Waals surface area contributed by atoms with Crippen LogP contribution in [0.4, 0.5) is 0 Å². The van der Waals surface area contributed by atoms with E-state index < -0.39 is 0 Å². The molecule has 2 N–H and O–H groups in total. The van der Waals surface area contributed by atoms with Crippen LogP contribution in [-0.4, -0.2) is 22.4 Å². The smallest absolute Gasteiger partial charge is 0.124 e. The quantitative estimate of drug-likeness (QED) is 0.790. The van der Waals surface area contributed by atoms with E-state index in [2.05, 4.69) is 0 Å². The second-order valence-electron chi connectivity index (χ2n) is 3.96. The number of ether oxygens (including phenoxy) is 1. The van der Waals surface area contributed by atoms with Gasteiger partial charge < -0.3 is 14.9 Å². The SMILES string of the molecule is OCc1ccc(O[C@H]2CCC[C@@H]2O)cc1. The van der Waals surface area contributed by atoms with Crippen molar-refractivity contribution in [3.63, 3.8) is 0 Å². The molecule has 3 nitrogen and oxygen atoms in total. The van der Waals surface area contributed by atoms with Crippen LogP contribution < -0.4 is 4.74 Å². The zero-order chi connectivity index (χ0) is 10.7. The molecule has 1 aromatic carbocycles. The minimum absolute atomic E-state index is 0.0479. The Balaban J connectivity index is 1.98. The van der Waals surface area contributed by atoms with Crippen LogP contribution in [0.1, 0.15) is 24.8 Å². The highest BCUT2D eigenvalue weighted by molar-refractivity contribution is 5.27. The topological polar surface area (TPSA) is 49.7 Å². The lowest BCUT2D eigenvalue weighted by Gasteiger charge is -2.17. The van der Waals surface area contributed by atoms with E-state index in [-0.39, 0.29) is 18.8 Å². The van der Waals surface area contributed by atoms with E-state index in [1.165, 1.54) is 0 Å². The van der Waals surface area contributed by atoms with Gasteiger partial charge in [-0.2, -0.15) is 0 Å². The number of benzene rings is 1. The minimum atomic E-state index is -0.331. The molecule has 0 aliphatic heterocycles. The lowest BCUT2D eigenvalue weighted by molar-refractivity contribution is 0.0604. The van der Waals surface area contributed by atoms with Gasteiger partial charge in [0, 0.05) is 0 Å². The zero-order valence-electron chi connectivity index (χ0n) is 8.60. The van der Waals surface area contributed by atoms with Crippen molar-refractivity contribution in [2.24, 2.45) is 0 Å². The van der Waals surface area contributed by atoms with Gasteiger partial charge in [-0.3, -0.25) is 0 Å². The van der Waals surface area contributed by atoms with Crippen LogP contribution in [0.3, 0.4) is 0 Å². The van der Waals surface area contributed by atoms with Crippen LogP contribution in [-0.2, 0) is 6.61 Å². The Bertz CT molecular complexity index is 307. The molecule has 0 heterocycles. The van der Waals surface area contributed by atoms with Crippen molar-refractivity contribution in [1.82, 2.24) is 0 Å². The maximum atomic E-state index is 9.59. The summed E-state index contributed by atoms with van der Waals surface area (Å²) in [5, 5.41) is 18.5. The van der Waals surface area contributed by atoms with E-state index in [9.17, 15) is 5.11 Å². The Labute approximate surface area is 89.3 Å². The third-order valence-electron chi connectivity index (χ3n) is 2.81.